The Labute approximate surface area is 124 Å². The first-order chi connectivity index (χ1) is 10.1. The van der Waals surface area contributed by atoms with E-state index in [1.807, 2.05) is 6.07 Å². The molecule has 4 nitrogen and oxygen atoms in total. The zero-order valence-electron chi connectivity index (χ0n) is 12.7. The highest BCUT2D eigenvalue weighted by molar-refractivity contribution is 6.01. The van der Waals surface area contributed by atoms with Crippen molar-refractivity contribution in [1.29, 1.82) is 0 Å². The van der Waals surface area contributed by atoms with Gasteiger partial charge in [-0.2, -0.15) is 0 Å². The molecule has 0 spiro atoms. The lowest BCUT2D eigenvalue weighted by Crippen LogP contribution is -2.34. The van der Waals surface area contributed by atoms with Gasteiger partial charge in [0.05, 0.1) is 16.6 Å². The maximum Gasteiger partial charge on any atom is 0.337 e. The number of carbonyl (C=O) groups is 1. The summed E-state index contributed by atoms with van der Waals surface area (Å²) in [5.41, 5.74) is 2.30. The summed E-state index contributed by atoms with van der Waals surface area (Å²) in [4.78, 5) is 16.2. The molecule has 0 saturated heterocycles. The van der Waals surface area contributed by atoms with E-state index >= 15 is 0 Å². The molecule has 0 atom stereocenters. The van der Waals surface area contributed by atoms with Crippen LogP contribution in [0.15, 0.2) is 18.2 Å². The zero-order valence-corrected chi connectivity index (χ0v) is 12.7. The standard InChI is InChI=1S/C17H22N2O2/c1-3-14-18-13-8-5-7-12(16(20)21)15(13)19(14)11-17(4-2)9-6-10-17/h5,7-8H,3-4,6,9-11H2,1-2H3,(H,20,21). The van der Waals surface area contributed by atoms with E-state index in [4.69, 9.17) is 0 Å². The second-order valence-corrected chi connectivity index (χ2v) is 6.15. The molecule has 4 heteroatoms. The fourth-order valence-electron chi connectivity index (χ4n) is 3.48. The van der Waals surface area contributed by atoms with Crippen LogP contribution in [0, 0.1) is 5.41 Å². The van der Waals surface area contributed by atoms with Crippen LogP contribution in [0.25, 0.3) is 11.0 Å². The summed E-state index contributed by atoms with van der Waals surface area (Å²) >= 11 is 0. The van der Waals surface area contributed by atoms with E-state index in [0.29, 0.717) is 11.0 Å². The Morgan fingerprint density at radius 3 is 2.67 bits per heavy atom. The number of aromatic carboxylic acids is 1. The van der Waals surface area contributed by atoms with Crippen molar-refractivity contribution < 1.29 is 9.90 Å². The predicted octanol–water partition coefficient (Wildman–Crippen LogP) is 3.88. The van der Waals surface area contributed by atoms with Gasteiger partial charge < -0.3 is 9.67 Å². The topological polar surface area (TPSA) is 55.1 Å². The molecule has 1 fully saturated rings. The lowest BCUT2D eigenvalue weighted by atomic mass is 9.67. The van der Waals surface area contributed by atoms with Crippen molar-refractivity contribution in [3.05, 3.63) is 29.6 Å². The van der Waals surface area contributed by atoms with Crippen LogP contribution in [0.4, 0.5) is 0 Å². The summed E-state index contributed by atoms with van der Waals surface area (Å²) < 4.78 is 2.17. The number of fused-ring (bicyclic) bond motifs is 1. The molecule has 21 heavy (non-hydrogen) atoms. The van der Waals surface area contributed by atoms with Crippen LogP contribution in [0.2, 0.25) is 0 Å². The van der Waals surface area contributed by atoms with Gasteiger partial charge in [-0.05, 0) is 36.8 Å². The lowest BCUT2D eigenvalue weighted by molar-refractivity contribution is 0.0697. The van der Waals surface area contributed by atoms with Gasteiger partial charge in [0, 0.05) is 13.0 Å². The van der Waals surface area contributed by atoms with Crippen LogP contribution in [0.5, 0.6) is 0 Å². The van der Waals surface area contributed by atoms with E-state index in [9.17, 15) is 9.90 Å². The number of benzene rings is 1. The van der Waals surface area contributed by atoms with Gasteiger partial charge >= 0.3 is 5.97 Å². The molecule has 1 aliphatic rings. The Morgan fingerprint density at radius 2 is 2.14 bits per heavy atom. The zero-order chi connectivity index (χ0) is 15.0. The van der Waals surface area contributed by atoms with Crippen molar-refractivity contribution in [3.8, 4) is 0 Å². The highest BCUT2D eigenvalue weighted by atomic mass is 16.4. The third-order valence-corrected chi connectivity index (χ3v) is 5.05. The maximum absolute atomic E-state index is 11.5. The van der Waals surface area contributed by atoms with Crippen LogP contribution in [-0.2, 0) is 13.0 Å². The third-order valence-electron chi connectivity index (χ3n) is 5.05. The van der Waals surface area contributed by atoms with E-state index in [0.717, 1.165) is 36.2 Å². The summed E-state index contributed by atoms with van der Waals surface area (Å²) in [6.45, 7) is 5.22. The van der Waals surface area contributed by atoms with E-state index in [-0.39, 0.29) is 0 Å². The number of aromatic nitrogens is 2. The van der Waals surface area contributed by atoms with E-state index in [1.165, 1.54) is 19.3 Å². The van der Waals surface area contributed by atoms with Crippen molar-refractivity contribution in [2.75, 3.05) is 0 Å². The van der Waals surface area contributed by atoms with Crippen LogP contribution in [0.1, 0.15) is 55.7 Å². The second-order valence-electron chi connectivity index (χ2n) is 6.15. The SMILES string of the molecule is CCc1nc2cccc(C(=O)O)c2n1CC1(CC)CCC1. The molecule has 1 aromatic heterocycles. The van der Waals surface area contributed by atoms with Gasteiger partial charge in [-0.15, -0.1) is 0 Å². The Bertz CT molecular complexity index is 678. The largest absolute Gasteiger partial charge is 0.478 e. The smallest absolute Gasteiger partial charge is 0.337 e. The molecule has 0 aliphatic heterocycles. The second kappa shape index (κ2) is 5.17. The van der Waals surface area contributed by atoms with Crippen LogP contribution < -0.4 is 0 Å². The van der Waals surface area contributed by atoms with Gasteiger partial charge in [-0.3, -0.25) is 0 Å². The highest BCUT2D eigenvalue weighted by Crippen LogP contribution is 2.46. The van der Waals surface area contributed by atoms with Gasteiger partial charge in [0.25, 0.3) is 0 Å². The average molecular weight is 286 g/mol. The Kier molecular flexibility index (Phi) is 3.47. The third kappa shape index (κ3) is 2.23. The summed E-state index contributed by atoms with van der Waals surface area (Å²) in [5, 5.41) is 9.47. The van der Waals surface area contributed by atoms with Crippen molar-refractivity contribution in [1.82, 2.24) is 9.55 Å². The summed E-state index contributed by atoms with van der Waals surface area (Å²) in [7, 11) is 0. The fourth-order valence-corrected chi connectivity index (χ4v) is 3.48. The molecule has 1 N–H and O–H groups in total. The Morgan fingerprint density at radius 1 is 1.38 bits per heavy atom. The normalized spacial score (nSPS) is 16.9. The number of hydrogen-bond acceptors (Lipinski definition) is 2. The Hall–Kier alpha value is -1.84. The summed E-state index contributed by atoms with van der Waals surface area (Å²) in [6.07, 6.45) is 5.73. The van der Waals surface area contributed by atoms with Crippen LogP contribution in [0.3, 0.4) is 0 Å². The van der Waals surface area contributed by atoms with Crippen molar-refractivity contribution >= 4 is 17.0 Å². The molecule has 1 aliphatic carbocycles. The minimum absolute atomic E-state index is 0.336. The number of hydrogen-bond donors (Lipinski definition) is 1. The first-order valence-electron chi connectivity index (χ1n) is 7.81. The van der Waals surface area contributed by atoms with Crippen LogP contribution in [-0.4, -0.2) is 20.6 Å². The minimum atomic E-state index is -0.872. The van der Waals surface area contributed by atoms with E-state index in [1.54, 1.807) is 12.1 Å². The number of rotatable bonds is 5. The number of aryl methyl sites for hydroxylation is 1. The quantitative estimate of drug-likeness (QED) is 0.907. The molecule has 3 rings (SSSR count). The molecular formula is C17H22N2O2. The average Bonchev–Trinajstić information content (AvgIpc) is 2.80. The number of carboxylic acid groups (broad SMARTS) is 1. The molecule has 1 heterocycles. The minimum Gasteiger partial charge on any atom is -0.478 e. The molecule has 0 radical (unpaired) electrons. The van der Waals surface area contributed by atoms with Crippen molar-refractivity contribution in [2.45, 2.75) is 52.5 Å². The molecular weight excluding hydrogens is 264 g/mol. The number of carboxylic acids is 1. The number of para-hydroxylation sites is 1. The van der Waals surface area contributed by atoms with E-state index in [2.05, 4.69) is 23.4 Å². The molecule has 1 aromatic carbocycles. The van der Waals surface area contributed by atoms with Crippen molar-refractivity contribution in [2.24, 2.45) is 5.41 Å². The molecule has 112 valence electrons. The van der Waals surface area contributed by atoms with Gasteiger partial charge in [0.2, 0.25) is 0 Å². The van der Waals surface area contributed by atoms with Crippen LogP contribution >= 0.6 is 0 Å². The molecule has 0 amide bonds. The van der Waals surface area contributed by atoms with Gasteiger partial charge in [0.15, 0.2) is 0 Å². The lowest BCUT2D eigenvalue weighted by Gasteiger charge is -2.42. The molecule has 2 aromatic rings. The summed E-state index contributed by atoms with van der Waals surface area (Å²) in [6, 6.07) is 5.38. The number of imidazole rings is 1. The van der Waals surface area contributed by atoms with Crippen molar-refractivity contribution in [3.63, 3.8) is 0 Å². The monoisotopic (exact) mass is 286 g/mol. The first-order valence-corrected chi connectivity index (χ1v) is 7.81. The maximum atomic E-state index is 11.5. The van der Waals surface area contributed by atoms with Gasteiger partial charge in [0.1, 0.15) is 5.82 Å². The highest BCUT2D eigenvalue weighted by Gasteiger charge is 2.36. The first kappa shape index (κ1) is 14.1. The molecule has 0 unspecified atom stereocenters. The predicted molar refractivity (Wildman–Crippen MR) is 82.6 cm³/mol. The van der Waals surface area contributed by atoms with Gasteiger partial charge in [-0.25, -0.2) is 9.78 Å². The molecule has 0 bridgehead atoms. The molecule has 1 saturated carbocycles. The fraction of sp³-hybridized carbons (Fsp3) is 0.529. The summed E-state index contributed by atoms with van der Waals surface area (Å²) in [5.74, 6) is 0.127. The number of nitrogens with zero attached hydrogens (tertiary/aromatic N) is 2. The van der Waals surface area contributed by atoms with Gasteiger partial charge in [-0.1, -0.05) is 26.3 Å². The van der Waals surface area contributed by atoms with E-state index < -0.39 is 5.97 Å². The Balaban J connectivity index is 2.16.